The number of amides is 1. The average Bonchev–Trinajstić information content (AvgIpc) is 3.25. The maximum absolute atomic E-state index is 13.3. The minimum atomic E-state index is -3.79. The van der Waals surface area contributed by atoms with Crippen LogP contribution in [0.5, 0.6) is 5.75 Å². The summed E-state index contributed by atoms with van der Waals surface area (Å²) in [5.41, 5.74) is 0.523. The number of sulfonamides is 1. The Morgan fingerprint density at radius 2 is 1.76 bits per heavy atom. The molecular weight excluding hydrogens is 388 g/mol. The summed E-state index contributed by atoms with van der Waals surface area (Å²) < 4.78 is 33.2. The van der Waals surface area contributed by atoms with Gasteiger partial charge in [0.15, 0.2) is 0 Å². The number of para-hydroxylation sites is 2. The minimum absolute atomic E-state index is 0.202. The molecule has 29 heavy (non-hydrogen) atoms. The van der Waals surface area contributed by atoms with Crippen molar-refractivity contribution in [2.45, 2.75) is 23.8 Å². The smallest absolute Gasteiger partial charge is 0.243 e. The molecule has 1 aliphatic rings. The minimum Gasteiger partial charge on any atom is -0.495 e. The van der Waals surface area contributed by atoms with Crippen molar-refractivity contribution in [3.63, 3.8) is 0 Å². The van der Waals surface area contributed by atoms with Crippen molar-refractivity contribution < 1.29 is 17.9 Å². The maximum Gasteiger partial charge on any atom is 0.243 e. The van der Waals surface area contributed by atoms with Crippen LogP contribution in [-0.4, -0.2) is 38.3 Å². The summed E-state index contributed by atoms with van der Waals surface area (Å²) in [6.45, 7) is 0.319. The van der Waals surface area contributed by atoms with Gasteiger partial charge in [-0.15, -0.1) is 0 Å². The van der Waals surface area contributed by atoms with Gasteiger partial charge in [0.2, 0.25) is 15.9 Å². The van der Waals surface area contributed by atoms with Crippen LogP contribution in [0.25, 0.3) is 10.8 Å². The first-order valence-electron chi connectivity index (χ1n) is 9.45. The highest BCUT2D eigenvalue weighted by molar-refractivity contribution is 7.89. The Bertz CT molecular complexity index is 1160. The molecule has 1 saturated heterocycles. The van der Waals surface area contributed by atoms with Crippen LogP contribution < -0.4 is 10.1 Å². The lowest BCUT2D eigenvalue weighted by Gasteiger charge is -2.24. The molecule has 150 valence electrons. The Labute approximate surface area is 170 Å². The zero-order chi connectivity index (χ0) is 20.4. The molecule has 1 heterocycles. The normalized spacial score (nSPS) is 17.3. The topological polar surface area (TPSA) is 75.7 Å². The SMILES string of the molecule is COc1ccccc1NC(=O)[C@H]1CCCN1S(=O)(=O)c1ccc2ccccc2c1. The van der Waals surface area contributed by atoms with E-state index in [-0.39, 0.29) is 10.8 Å². The van der Waals surface area contributed by atoms with Gasteiger partial charge < -0.3 is 10.1 Å². The lowest BCUT2D eigenvalue weighted by molar-refractivity contribution is -0.119. The van der Waals surface area contributed by atoms with Gasteiger partial charge in [-0.3, -0.25) is 4.79 Å². The van der Waals surface area contributed by atoms with Crippen LogP contribution in [0.2, 0.25) is 0 Å². The molecule has 0 aliphatic carbocycles. The largest absolute Gasteiger partial charge is 0.495 e. The van der Waals surface area contributed by atoms with Crippen LogP contribution in [0, 0.1) is 0 Å². The fourth-order valence-corrected chi connectivity index (χ4v) is 5.41. The van der Waals surface area contributed by atoms with Gasteiger partial charge in [-0.2, -0.15) is 4.31 Å². The summed E-state index contributed by atoms with van der Waals surface area (Å²) in [5, 5.41) is 4.64. The van der Waals surface area contributed by atoms with Gasteiger partial charge in [0, 0.05) is 6.54 Å². The number of carbonyl (C=O) groups is 1. The van der Waals surface area contributed by atoms with Crippen molar-refractivity contribution in [3.8, 4) is 5.75 Å². The number of methoxy groups -OCH3 is 1. The Morgan fingerprint density at radius 3 is 2.55 bits per heavy atom. The van der Waals surface area contributed by atoms with E-state index in [1.807, 2.05) is 24.3 Å². The summed E-state index contributed by atoms with van der Waals surface area (Å²) in [6.07, 6.45) is 1.12. The second-order valence-corrected chi connectivity index (χ2v) is 8.86. The van der Waals surface area contributed by atoms with Gasteiger partial charge in [0.05, 0.1) is 17.7 Å². The molecule has 3 aromatic carbocycles. The van der Waals surface area contributed by atoms with E-state index < -0.39 is 16.1 Å². The molecule has 1 aliphatic heterocycles. The molecule has 1 amide bonds. The van der Waals surface area contributed by atoms with E-state index in [0.717, 1.165) is 10.8 Å². The van der Waals surface area contributed by atoms with Crippen molar-refractivity contribution in [2.24, 2.45) is 0 Å². The van der Waals surface area contributed by atoms with Crippen LogP contribution in [-0.2, 0) is 14.8 Å². The van der Waals surface area contributed by atoms with Gasteiger partial charge in [-0.25, -0.2) is 8.42 Å². The Hall–Kier alpha value is -2.90. The van der Waals surface area contributed by atoms with Crippen LogP contribution in [0.1, 0.15) is 12.8 Å². The molecule has 0 bridgehead atoms. The number of hydrogen-bond donors (Lipinski definition) is 1. The molecule has 1 fully saturated rings. The number of hydrogen-bond acceptors (Lipinski definition) is 4. The number of nitrogens with zero attached hydrogens (tertiary/aromatic N) is 1. The molecule has 0 radical (unpaired) electrons. The number of carbonyl (C=O) groups excluding carboxylic acids is 1. The lowest BCUT2D eigenvalue weighted by atomic mass is 10.1. The van der Waals surface area contributed by atoms with Gasteiger partial charge in [0.25, 0.3) is 0 Å². The zero-order valence-electron chi connectivity index (χ0n) is 16.0. The molecule has 0 saturated carbocycles. The van der Waals surface area contributed by atoms with E-state index in [1.54, 1.807) is 42.5 Å². The summed E-state index contributed by atoms with van der Waals surface area (Å²) in [4.78, 5) is 13.1. The van der Waals surface area contributed by atoms with Crippen molar-refractivity contribution in [2.75, 3.05) is 19.0 Å². The van der Waals surface area contributed by atoms with Crippen molar-refractivity contribution in [1.29, 1.82) is 0 Å². The van der Waals surface area contributed by atoms with E-state index in [9.17, 15) is 13.2 Å². The first kappa shape index (κ1) is 19.4. The van der Waals surface area contributed by atoms with Crippen molar-refractivity contribution in [3.05, 3.63) is 66.7 Å². The molecule has 0 spiro atoms. The number of nitrogens with one attached hydrogen (secondary N) is 1. The number of anilines is 1. The third-order valence-corrected chi connectivity index (χ3v) is 7.10. The van der Waals surface area contributed by atoms with E-state index in [1.165, 1.54) is 11.4 Å². The van der Waals surface area contributed by atoms with E-state index >= 15 is 0 Å². The highest BCUT2D eigenvalue weighted by Crippen LogP contribution is 2.30. The molecule has 3 aromatic rings. The Balaban J connectivity index is 1.61. The second kappa shape index (κ2) is 7.85. The van der Waals surface area contributed by atoms with Crippen LogP contribution >= 0.6 is 0 Å². The number of fused-ring (bicyclic) bond motifs is 1. The predicted molar refractivity (Wildman–Crippen MR) is 112 cm³/mol. The third kappa shape index (κ3) is 3.71. The monoisotopic (exact) mass is 410 g/mol. The van der Waals surface area contributed by atoms with Crippen LogP contribution in [0.3, 0.4) is 0 Å². The Kier molecular flexibility index (Phi) is 5.25. The van der Waals surface area contributed by atoms with Crippen molar-refractivity contribution >= 4 is 32.4 Å². The van der Waals surface area contributed by atoms with E-state index in [0.29, 0.717) is 30.8 Å². The lowest BCUT2D eigenvalue weighted by Crippen LogP contribution is -2.43. The predicted octanol–water partition coefficient (Wildman–Crippen LogP) is 3.64. The first-order valence-corrected chi connectivity index (χ1v) is 10.9. The molecule has 0 unspecified atom stereocenters. The molecule has 4 rings (SSSR count). The quantitative estimate of drug-likeness (QED) is 0.697. The Morgan fingerprint density at radius 1 is 1.03 bits per heavy atom. The summed E-state index contributed by atoms with van der Waals surface area (Å²) in [6, 6.07) is 19.0. The number of rotatable bonds is 5. The fourth-order valence-electron chi connectivity index (χ4n) is 3.72. The standard InChI is InChI=1S/C22H22N2O4S/c1-28-21-11-5-4-9-19(21)23-22(25)20-10-6-14-24(20)29(26,27)18-13-12-16-7-2-3-8-17(16)15-18/h2-5,7-9,11-13,15,20H,6,10,14H2,1H3,(H,23,25)/t20-/m1/s1. The fraction of sp³-hybridized carbons (Fsp3) is 0.227. The summed E-state index contributed by atoms with van der Waals surface area (Å²) >= 11 is 0. The van der Waals surface area contributed by atoms with Gasteiger partial charge in [0.1, 0.15) is 11.8 Å². The van der Waals surface area contributed by atoms with Crippen LogP contribution in [0.4, 0.5) is 5.69 Å². The third-order valence-electron chi connectivity index (χ3n) is 5.20. The maximum atomic E-state index is 13.3. The van der Waals surface area contributed by atoms with Crippen LogP contribution in [0.15, 0.2) is 71.6 Å². The molecular formula is C22H22N2O4S. The van der Waals surface area contributed by atoms with Gasteiger partial charge in [-0.1, -0.05) is 42.5 Å². The first-order chi connectivity index (χ1) is 14.0. The van der Waals surface area contributed by atoms with Crippen molar-refractivity contribution in [1.82, 2.24) is 4.31 Å². The number of benzene rings is 3. The second-order valence-electron chi connectivity index (χ2n) is 6.97. The summed E-state index contributed by atoms with van der Waals surface area (Å²) in [7, 11) is -2.27. The zero-order valence-corrected chi connectivity index (χ0v) is 16.9. The molecule has 1 atom stereocenters. The van der Waals surface area contributed by atoms with E-state index in [2.05, 4.69) is 5.32 Å². The molecule has 6 nitrogen and oxygen atoms in total. The molecule has 7 heteroatoms. The van der Waals surface area contributed by atoms with Gasteiger partial charge >= 0.3 is 0 Å². The highest BCUT2D eigenvalue weighted by atomic mass is 32.2. The van der Waals surface area contributed by atoms with E-state index in [4.69, 9.17) is 4.74 Å². The number of ether oxygens (including phenoxy) is 1. The molecule has 1 N–H and O–H groups in total. The molecule has 0 aromatic heterocycles. The highest BCUT2D eigenvalue weighted by Gasteiger charge is 2.39. The average molecular weight is 410 g/mol. The van der Waals surface area contributed by atoms with Gasteiger partial charge in [-0.05, 0) is 47.9 Å². The summed E-state index contributed by atoms with van der Waals surface area (Å²) in [5.74, 6) is 0.180.